The lowest BCUT2D eigenvalue weighted by Crippen LogP contribution is -2.45. The molecule has 1 amide bonds. The van der Waals surface area contributed by atoms with Crippen molar-refractivity contribution in [1.82, 2.24) is 14.5 Å². The SMILES string of the molecule is COc1ccccc1-n1c(-c2ccccc2)cnc1SCC(=O)N1CCOC(C)C1. The van der Waals surface area contributed by atoms with Crippen LogP contribution in [0.15, 0.2) is 66.0 Å². The summed E-state index contributed by atoms with van der Waals surface area (Å²) >= 11 is 1.44. The molecular weight excluding hydrogens is 398 g/mol. The minimum absolute atomic E-state index is 0.0768. The van der Waals surface area contributed by atoms with E-state index in [9.17, 15) is 4.79 Å². The number of methoxy groups -OCH3 is 1. The van der Waals surface area contributed by atoms with E-state index in [1.807, 2.05) is 60.5 Å². The number of thioether (sulfide) groups is 1. The predicted octanol–water partition coefficient (Wildman–Crippen LogP) is 3.89. The molecule has 0 saturated carbocycles. The van der Waals surface area contributed by atoms with Gasteiger partial charge in [-0.2, -0.15) is 0 Å². The third kappa shape index (κ3) is 4.37. The first kappa shape index (κ1) is 20.5. The molecule has 6 nitrogen and oxygen atoms in total. The van der Waals surface area contributed by atoms with E-state index in [0.29, 0.717) is 25.4 Å². The summed E-state index contributed by atoms with van der Waals surface area (Å²) in [5.74, 6) is 1.18. The Kier molecular flexibility index (Phi) is 6.40. The van der Waals surface area contributed by atoms with Crippen LogP contribution in [0.2, 0.25) is 0 Å². The first-order chi connectivity index (χ1) is 14.7. The van der Waals surface area contributed by atoms with Crippen molar-refractivity contribution in [3.05, 3.63) is 60.8 Å². The average Bonchev–Trinajstić information content (AvgIpc) is 3.21. The second-order valence-corrected chi connectivity index (χ2v) is 8.05. The summed E-state index contributed by atoms with van der Waals surface area (Å²) in [7, 11) is 1.66. The Morgan fingerprint density at radius 1 is 1.20 bits per heavy atom. The summed E-state index contributed by atoms with van der Waals surface area (Å²) in [6, 6.07) is 18.0. The number of para-hydroxylation sites is 2. The Morgan fingerprint density at radius 3 is 2.73 bits per heavy atom. The summed E-state index contributed by atoms with van der Waals surface area (Å²) in [6.45, 7) is 3.86. The first-order valence-corrected chi connectivity index (χ1v) is 10.9. The highest BCUT2D eigenvalue weighted by molar-refractivity contribution is 7.99. The van der Waals surface area contributed by atoms with Gasteiger partial charge in [-0.15, -0.1) is 0 Å². The number of benzene rings is 2. The van der Waals surface area contributed by atoms with Gasteiger partial charge in [0.05, 0.1) is 43.2 Å². The fourth-order valence-electron chi connectivity index (χ4n) is 3.56. The quantitative estimate of drug-likeness (QED) is 0.563. The monoisotopic (exact) mass is 423 g/mol. The number of morpholine rings is 1. The molecule has 2 aromatic carbocycles. The van der Waals surface area contributed by atoms with Crippen molar-refractivity contribution < 1.29 is 14.3 Å². The molecule has 1 saturated heterocycles. The number of nitrogens with zero attached hydrogens (tertiary/aromatic N) is 3. The van der Waals surface area contributed by atoms with Crippen molar-refractivity contribution in [1.29, 1.82) is 0 Å². The van der Waals surface area contributed by atoms with Crippen molar-refractivity contribution in [3.8, 4) is 22.7 Å². The lowest BCUT2D eigenvalue weighted by molar-refractivity contribution is -0.135. The summed E-state index contributed by atoms with van der Waals surface area (Å²) < 4.78 is 13.2. The van der Waals surface area contributed by atoms with Crippen LogP contribution in [-0.2, 0) is 9.53 Å². The van der Waals surface area contributed by atoms with E-state index >= 15 is 0 Å². The lowest BCUT2D eigenvalue weighted by atomic mass is 10.1. The number of amides is 1. The number of imidazole rings is 1. The zero-order valence-corrected chi connectivity index (χ0v) is 18.0. The molecule has 1 atom stereocenters. The van der Waals surface area contributed by atoms with Crippen LogP contribution in [0.4, 0.5) is 0 Å². The van der Waals surface area contributed by atoms with Gasteiger partial charge in [0.1, 0.15) is 5.75 Å². The standard InChI is InChI=1S/C23H25N3O3S/c1-17-15-25(12-13-29-17)22(27)16-30-23-24-14-20(18-8-4-3-5-9-18)26(23)19-10-6-7-11-21(19)28-2/h3-11,14,17H,12-13,15-16H2,1-2H3. The van der Waals surface area contributed by atoms with Gasteiger partial charge in [-0.3, -0.25) is 9.36 Å². The molecule has 0 bridgehead atoms. The Labute approximate surface area is 180 Å². The van der Waals surface area contributed by atoms with Gasteiger partial charge in [0.2, 0.25) is 5.91 Å². The van der Waals surface area contributed by atoms with Crippen molar-refractivity contribution >= 4 is 17.7 Å². The van der Waals surface area contributed by atoms with Crippen LogP contribution in [0.25, 0.3) is 16.9 Å². The van der Waals surface area contributed by atoms with Crippen LogP contribution in [0.3, 0.4) is 0 Å². The first-order valence-electron chi connectivity index (χ1n) is 9.96. The molecule has 0 N–H and O–H groups in total. The number of carbonyl (C=O) groups excluding carboxylic acids is 1. The number of hydrogen-bond acceptors (Lipinski definition) is 5. The summed E-state index contributed by atoms with van der Waals surface area (Å²) in [5, 5.41) is 0.757. The maximum Gasteiger partial charge on any atom is 0.233 e. The van der Waals surface area contributed by atoms with Gasteiger partial charge in [-0.1, -0.05) is 54.2 Å². The van der Waals surface area contributed by atoms with Gasteiger partial charge in [0.15, 0.2) is 5.16 Å². The van der Waals surface area contributed by atoms with Crippen LogP contribution in [-0.4, -0.2) is 59.0 Å². The predicted molar refractivity (Wildman–Crippen MR) is 118 cm³/mol. The lowest BCUT2D eigenvalue weighted by Gasteiger charge is -2.31. The molecular formula is C23H25N3O3S. The van der Waals surface area contributed by atoms with Gasteiger partial charge in [0.25, 0.3) is 0 Å². The van der Waals surface area contributed by atoms with Gasteiger partial charge in [0, 0.05) is 18.7 Å². The van der Waals surface area contributed by atoms with Crippen molar-refractivity contribution in [2.75, 3.05) is 32.6 Å². The smallest absolute Gasteiger partial charge is 0.233 e. The molecule has 0 spiro atoms. The van der Waals surface area contributed by atoms with E-state index < -0.39 is 0 Å². The molecule has 7 heteroatoms. The van der Waals surface area contributed by atoms with Crippen molar-refractivity contribution in [3.63, 3.8) is 0 Å². The molecule has 1 unspecified atom stereocenters. The van der Waals surface area contributed by atoms with E-state index in [-0.39, 0.29) is 12.0 Å². The van der Waals surface area contributed by atoms with Crippen LogP contribution in [0.5, 0.6) is 5.75 Å². The van der Waals surface area contributed by atoms with E-state index in [1.165, 1.54) is 11.8 Å². The molecule has 1 aromatic heterocycles. The minimum Gasteiger partial charge on any atom is -0.495 e. The van der Waals surface area contributed by atoms with E-state index in [2.05, 4.69) is 21.7 Å². The Hall–Kier alpha value is -2.77. The highest BCUT2D eigenvalue weighted by atomic mass is 32.2. The molecule has 4 rings (SSSR count). The van der Waals surface area contributed by atoms with E-state index in [1.54, 1.807) is 7.11 Å². The number of hydrogen-bond donors (Lipinski definition) is 0. The zero-order chi connectivity index (χ0) is 20.9. The van der Waals surface area contributed by atoms with Crippen LogP contribution in [0.1, 0.15) is 6.92 Å². The summed E-state index contributed by atoms with van der Waals surface area (Å²) in [6.07, 6.45) is 1.93. The summed E-state index contributed by atoms with van der Waals surface area (Å²) in [5.41, 5.74) is 2.90. The average molecular weight is 424 g/mol. The second-order valence-electron chi connectivity index (χ2n) is 7.11. The molecule has 0 aliphatic carbocycles. The molecule has 156 valence electrons. The van der Waals surface area contributed by atoms with Gasteiger partial charge < -0.3 is 14.4 Å². The molecule has 1 fully saturated rings. The molecule has 0 radical (unpaired) electrons. The molecule has 3 aromatic rings. The number of ether oxygens (including phenoxy) is 2. The number of rotatable bonds is 6. The Bertz CT molecular complexity index is 1010. The fraction of sp³-hybridized carbons (Fsp3) is 0.304. The molecule has 2 heterocycles. The van der Waals surface area contributed by atoms with Gasteiger partial charge >= 0.3 is 0 Å². The van der Waals surface area contributed by atoms with Gasteiger partial charge in [-0.05, 0) is 19.1 Å². The highest BCUT2D eigenvalue weighted by Gasteiger charge is 2.23. The van der Waals surface area contributed by atoms with Crippen LogP contribution < -0.4 is 4.74 Å². The van der Waals surface area contributed by atoms with Crippen molar-refractivity contribution in [2.24, 2.45) is 0 Å². The van der Waals surface area contributed by atoms with Gasteiger partial charge in [-0.25, -0.2) is 4.98 Å². The third-order valence-corrected chi connectivity index (χ3v) is 5.98. The maximum atomic E-state index is 12.8. The number of carbonyl (C=O) groups is 1. The topological polar surface area (TPSA) is 56.6 Å². The zero-order valence-electron chi connectivity index (χ0n) is 17.2. The minimum atomic E-state index is 0.0768. The summed E-state index contributed by atoms with van der Waals surface area (Å²) in [4.78, 5) is 19.3. The Balaban J connectivity index is 1.65. The molecule has 1 aliphatic rings. The molecule has 30 heavy (non-hydrogen) atoms. The van der Waals surface area contributed by atoms with E-state index in [0.717, 1.165) is 27.9 Å². The fourth-order valence-corrected chi connectivity index (χ4v) is 4.45. The maximum absolute atomic E-state index is 12.8. The van der Waals surface area contributed by atoms with E-state index in [4.69, 9.17) is 9.47 Å². The van der Waals surface area contributed by atoms with Crippen LogP contribution >= 0.6 is 11.8 Å². The largest absolute Gasteiger partial charge is 0.495 e. The highest BCUT2D eigenvalue weighted by Crippen LogP contribution is 2.33. The normalized spacial score (nSPS) is 16.5. The number of aromatic nitrogens is 2. The third-order valence-electron chi connectivity index (χ3n) is 5.04. The Morgan fingerprint density at radius 2 is 1.97 bits per heavy atom. The van der Waals surface area contributed by atoms with Crippen LogP contribution in [0, 0.1) is 0 Å². The molecule has 1 aliphatic heterocycles. The van der Waals surface area contributed by atoms with Crippen molar-refractivity contribution in [2.45, 2.75) is 18.2 Å². The second kappa shape index (κ2) is 9.36.